The van der Waals surface area contributed by atoms with Gasteiger partial charge in [0, 0.05) is 18.7 Å². The first-order chi connectivity index (χ1) is 11.7. The number of benzene rings is 2. The largest absolute Gasteiger partial charge is 0.489 e. The molecule has 0 unspecified atom stereocenters. The Morgan fingerprint density at radius 2 is 2.00 bits per heavy atom. The lowest BCUT2D eigenvalue weighted by Crippen LogP contribution is -2.33. The molecule has 24 heavy (non-hydrogen) atoms. The van der Waals surface area contributed by atoms with Gasteiger partial charge in [0.05, 0.1) is 18.2 Å². The number of amides is 1. The zero-order valence-corrected chi connectivity index (χ0v) is 13.6. The van der Waals surface area contributed by atoms with Crippen LogP contribution in [-0.2, 0) is 6.61 Å². The van der Waals surface area contributed by atoms with Gasteiger partial charge in [-0.25, -0.2) is 0 Å². The van der Waals surface area contributed by atoms with Crippen molar-refractivity contribution in [1.29, 1.82) is 5.26 Å². The number of nitrogens with zero attached hydrogens (tertiary/aromatic N) is 2. The molecular weight excluding hydrogens is 304 g/mol. The number of aliphatic hydroxyl groups excluding tert-OH is 1. The van der Waals surface area contributed by atoms with Gasteiger partial charge in [0.25, 0.3) is 5.91 Å². The highest BCUT2D eigenvalue weighted by Gasteiger charge is 2.13. The first kappa shape index (κ1) is 17.5. The number of carbonyl (C=O) groups is 1. The van der Waals surface area contributed by atoms with Gasteiger partial charge in [-0.2, -0.15) is 5.26 Å². The Morgan fingerprint density at radius 1 is 1.25 bits per heavy atom. The number of ether oxygens (including phenoxy) is 1. The lowest BCUT2D eigenvalue weighted by molar-refractivity contribution is 0.0732. The van der Waals surface area contributed by atoms with Crippen LogP contribution in [0.2, 0.25) is 0 Å². The van der Waals surface area contributed by atoms with Crippen molar-refractivity contribution in [2.45, 2.75) is 13.5 Å². The minimum Gasteiger partial charge on any atom is -0.489 e. The van der Waals surface area contributed by atoms with Crippen LogP contribution < -0.4 is 4.74 Å². The van der Waals surface area contributed by atoms with Crippen LogP contribution in [-0.4, -0.2) is 35.6 Å². The van der Waals surface area contributed by atoms with Crippen LogP contribution in [0.25, 0.3) is 0 Å². The molecule has 2 rings (SSSR count). The molecule has 124 valence electrons. The highest BCUT2D eigenvalue weighted by Crippen LogP contribution is 2.15. The van der Waals surface area contributed by atoms with Crippen LogP contribution in [0.15, 0.2) is 48.5 Å². The van der Waals surface area contributed by atoms with E-state index in [1.54, 1.807) is 41.3 Å². The summed E-state index contributed by atoms with van der Waals surface area (Å²) < 4.78 is 5.69. The van der Waals surface area contributed by atoms with E-state index in [0.717, 1.165) is 5.56 Å². The number of aliphatic hydroxyl groups is 1. The average Bonchev–Trinajstić information content (AvgIpc) is 2.64. The lowest BCUT2D eigenvalue weighted by atomic mass is 10.1. The van der Waals surface area contributed by atoms with Crippen molar-refractivity contribution >= 4 is 5.91 Å². The van der Waals surface area contributed by atoms with Crippen LogP contribution in [0, 0.1) is 11.3 Å². The van der Waals surface area contributed by atoms with Crippen molar-refractivity contribution in [1.82, 2.24) is 4.90 Å². The zero-order chi connectivity index (χ0) is 17.4. The van der Waals surface area contributed by atoms with Gasteiger partial charge >= 0.3 is 0 Å². The maximum Gasteiger partial charge on any atom is 0.253 e. The molecule has 0 heterocycles. The number of nitriles is 1. The molecule has 2 aromatic carbocycles. The molecule has 5 heteroatoms. The second-order valence-electron chi connectivity index (χ2n) is 5.23. The smallest absolute Gasteiger partial charge is 0.253 e. The first-order valence-electron chi connectivity index (χ1n) is 7.80. The molecule has 0 aliphatic carbocycles. The predicted molar refractivity (Wildman–Crippen MR) is 90.6 cm³/mol. The summed E-state index contributed by atoms with van der Waals surface area (Å²) in [6.07, 6.45) is 0. The molecule has 0 aliphatic heterocycles. The minimum absolute atomic E-state index is 0.0545. The van der Waals surface area contributed by atoms with E-state index in [2.05, 4.69) is 6.07 Å². The maximum absolute atomic E-state index is 12.4. The fourth-order valence-electron chi connectivity index (χ4n) is 2.29. The van der Waals surface area contributed by atoms with Crippen molar-refractivity contribution in [2.24, 2.45) is 0 Å². The van der Waals surface area contributed by atoms with Gasteiger partial charge in [0.1, 0.15) is 12.4 Å². The molecule has 1 amide bonds. The highest BCUT2D eigenvalue weighted by atomic mass is 16.5. The Hall–Kier alpha value is -2.84. The fourth-order valence-corrected chi connectivity index (χ4v) is 2.29. The Kier molecular flexibility index (Phi) is 6.35. The Bertz CT molecular complexity index is 720. The summed E-state index contributed by atoms with van der Waals surface area (Å²) >= 11 is 0. The molecule has 2 aromatic rings. The quantitative estimate of drug-likeness (QED) is 0.849. The van der Waals surface area contributed by atoms with E-state index >= 15 is 0 Å². The summed E-state index contributed by atoms with van der Waals surface area (Å²) in [5.41, 5.74) is 2.04. The molecule has 0 radical (unpaired) electrons. The molecule has 5 nitrogen and oxygen atoms in total. The third kappa shape index (κ3) is 4.58. The molecule has 0 aliphatic rings. The summed E-state index contributed by atoms with van der Waals surface area (Å²) in [6, 6.07) is 16.2. The lowest BCUT2D eigenvalue weighted by Gasteiger charge is -2.20. The van der Waals surface area contributed by atoms with Gasteiger partial charge in [-0.05, 0) is 48.9 Å². The SMILES string of the molecule is CCN(CCO)C(=O)c1cccc(COc2ccc(C#N)cc2)c1. The van der Waals surface area contributed by atoms with E-state index in [1.165, 1.54) is 0 Å². The van der Waals surface area contributed by atoms with Gasteiger partial charge in [0.15, 0.2) is 0 Å². The third-order valence-electron chi connectivity index (χ3n) is 3.60. The molecule has 0 saturated heterocycles. The van der Waals surface area contributed by atoms with Crippen LogP contribution in [0.4, 0.5) is 0 Å². The van der Waals surface area contributed by atoms with Crippen LogP contribution in [0.1, 0.15) is 28.4 Å². The van der Waals surface area contributed by atoms with E-state index < -0.39 is 0 Å². The number of carbonyl (C=O) groups excluding carboxylic acids is 1. The Balaban J connectivity index is 2.04. The topological polar surface area (TPSA) is 73.6 Å². The first-order valence-corrected chi connectivity index (χ1v) is 7.80. The molecule has 0 spiro atoms. The number of hydrogen-bond donors (Lipinski definition) is 1. The second-order valence-corrected chi connectivity index (χ2v) is 5.23. The normalized spacial score (nSPS) is 10.0. The molecular formula is C19H20N2O3. The number of likely N-dealkylation sites (N-methyl/N-ethyl adjacent to an activating group) is 1. The van der Waals surface area contributed by atoms with Crippen LogP contribution in [0.3, 0.4) is 0 Å². The zero-order valence-electron chi connectivity index (χ0n) is 13.6. The number of rotatable bonds is 7. The maximum atomic E-state index is 12.4. The van der Waals surface area contributed by atoms with Gasteiger partial charge in [-0.15, -0.1) is 0 Å². The minimum atomic E-state index is -0.105. The summed E-state index contributed by atoms with van der Waals surface area (Å²) in [4.78, 5) is 14.0. The van der Waals surface area contributed by atoms with Crippen LogP contribution in [0.5, 0.6) is 5.75 Å². The average molecular weight is 324 g/mol. The van der Waals surface area contributed by atoms with E-state index in [-0.39, 0.29) is 12.5 Å². The molecule has 0 fully saturated rings. The summed E-state index contributed by atoms with van der Waals surface area (Å²) in [7, 11) is 0. The molecule has 0 bridgehead atoms. The van der Waals surface area contributed by atoms with Crippen molar-refractivity contribution in [3.05, 3.63) is 65.2 Å². The van der Waals surface area contributed by atoms with Gasteiger partial charge in [0.2, 0.25) is 0 Å². The van der Waals surface area contributed by atoms with E-state index in [0.29, 0.717) is 36.6 Å². The van der Waals surface area contributed by atoms with Gasteiger partial charge < -0.3 is 14.7 Å². The van der Waals surface area contributed by atoms with Crippen molar-refractivity contribution < 1.29 is 14.6 Å². The highest BCUT2D eigenvalue weighted by molar-refractivity contribution is 5.94. The predicted octanol–water partition coefficient (Wildman–Crippen LogP) is 2.59. The van der Waals surface area contributed by atoms with Crippen molar-refractivity contribution in [2.75, 3.05) is 19.7 Å². The Labute approximate surface area is 141 Å². The van der Waals surface area contributed by atoms with Crippen molar-refractivity contribution in [3.63, 3.8) is 0 Å². The van der Waals surface area contributed by atoms with Crippen molar-refractivity contribution in [3.8, 4) is 11.8 Å². The molecule has 0 atom stereocenters. The van der Waals surface area contributed by atoms with Gasteiger partial charge in [-0.1, -0.05) is 12.1 Å². The standard InChI is InChI=1S/C19H20N2O3/c1-2-21(10-11-22)19(23)17-5-3-4-16(12-17)14-24-18-8-6-15(13-20)7-9-18/h3-9,12,22H,2,10-11,14H2,1H3. The molecule has 0 aromatic heterocycles. The fraction of sp³-hybridized carbons (Fsp3) is 0.263. The second kappa shape index (κ2) is 8.70. The molecule has 0 saturated carbocycles. The van der Waals surface area contributed by atoms with Gasteiger partial charge in [-0.3, -0.25) is 4.79 Å². The third-order valence-corrected chi connectivity index (χ3v) is 3.60. The van der Waals surface area contributed by atoms with E-state index in [9.17, 15) is 4.79 Å². The summed E-state index contributed by atoms with van der Waals surface area (Å²) in [6.45, 7) is 3.03. The van der Waals surface area contributed by atoms with E-state index in [4.69, 9.17) is 15.1 Å². The monoisotopic (exact) mass is 324 g/mol. The Morgan fingerprint density at radius 3 is 2.62 bits per heavy atom. The van der Waals surface area contributed by atoms with E-state index in [1.807, 2.05) is 19.1 Å². The molecule has 1 N–H and O–H groups in total. The van der Waals surface area contributed by atoms with Crippen LogP contribution >= 0.6 is 0 Å². The summed E-state index contributed by atoms with van der Waals surface area (Å²) in [5.74, 6) is 0.563. The number of hydrogen-bond acceptors (Lipinski definition) is 4. The summed E-state index contributed by atoms with van der Waals surface area (Å²) in [5, 5.41) is 17.8.